The zero-order valence-corrected chi connectivity index (χ0v) is 12.5. The van der Waals surface area contributed by atoms with Gasteiger partial charge in [0.25, 0.3) is 0 Å². The van der Waals surface area contributed by atoms with Crippen LogP contribution in [0.4, 0.5) is 0 Å². The predicted molar refractivity (Wildman–Crippen MR) is 84.0 cm³/mol. The van der Waals surface area contributed by atoms with Crippen LogP contribution >= 0.6 is 11.6 Å². The molecule has 0 aliphatic carbocycles. The number of pyridine rings is 1. The number of ketones is 1. The van der Waals surface area contributed by atoms with Gasteiger partial charge in [-0.15, -0.1) is 0 Å². The highest BCUT2D eigenvalue weighted by molar-refractivity contribution is 6.30. The Hall–Kier alpha value is -2.59. The minimum atomic E-state index is -1.06. The van der Waals surface area contributed by atoms with E-state index in [4.69, 9.17) is 11.6 Å². The Labute approximate surface area is 131 Å². The molecule has 22 heavy (non-hydrogen) atoms. The summed E-state index contributed by atoms with van der Waals surface area (Å²) in [5.74, 6) is -1.30. The number of aromatic carboxylic acids is 1. The van der Waals surface area contributed by atoms with Gasteiger partial charge in [0.2, 0.25) is 5.78 Å². The molecule has 1 aromatic carbocycles. The average Bonchev–Trinajstić information content (AvgIpc) is 2.88. The molecule has 0 aliphatic heterocycles. The monoisotopic (exact) mass is 313 g/mol. The fraction of sp³-hybridized carbons (Fsp3) is 0.0588. The smallest absolute Gasteiger partial charge is 0.337 e. The Morgan fingerprint density at radius 2 is 1.77 bits per heavy atom. The molecule has 0 unspecified atom stereocenters. The summed E-state index contributed by atoms with van der Waals surface area (Å²) in [5.41, 5.74) is 2.20. The zero-order valence-electron chi connectivity index (χ0n) is 11.7. The molecule has 2 aromatic heterocycles. The molecule has 2 heterocycles. The number of rotatable bonds is 3. The van der Waals surface area contributed by atoms with Gasteiger partial charge >= 0.3 is 5.97 Å². The first-order valence-corrected chi connectivity index (χ1v) is 7.01. The van der Waals surface area contributed by atoms with Gasteiger partial charge in [0.15, 0.2) is 0 Å². The van der Waals surface area contributed by atoms with Crippen LogP contribution in [0.2, 0.25) is 5.02 Å². The second-order valence-electron chi connectivity index (χ2n) is 4.97. The Balaban J connectivity index is 2.24. The van der Waals surface area contributed by atoms with E-state index in [-0.39, 0.29) is 11.3 Å². The molecule has 0 bridgehead atoms. The SMILES string of the molecule is Cc1cccc2c(C(=O)O)cc(C(=O)c3ccc(Cl)cc3)n12. The fourth-order valence-electron chi connectivity index (χ4n) is 2.51. The number of aryl methyl sites for hydroxylation is 1. The van der Waals surface area contributed by atoms with E-state index in [1.807, 2.05) is 13.0 Å². The third kappa shape index (κ3) is 2.27. The third-order valence-corrected chi connectivity index (χ3v) is 3.80. The quantitative estimate of drug-likeness (QED) is 0.748. The first-order valence-electron chi connectivity index (χ1n) is 6.63. The van der Waals surface area contributed by atoms with E-state index in [1.54, 1.807) is 40.8 Å². The van der Waals surface area contributed by atoms with Crippen molar-refractivity contribution in [3.63, 3.8) is 0 Å². The van der Waals surface area contributed by atoms with Gasteiger partial charge in [0, 0.05) is 16.3 Å². The van der Waals surface area contributed by atoms with Crippen LogP contribution in [0.25, 0.3) is 5.52 Å². The standard InChI is InChI=1S/C17H12ClNO3/c1-10-3-2-4-14-13(17(21)22)9-15(19(10)14)16(20)11-5-7-12(18)8-6-11/h2-9H,1H3,(H,21,22). The normalized spacial score (nSPS) is 10.8. The zero-order chi connectivity index (χ0) is 15.9. The van der Waals surface area contributed by atoms with Crippen molar-refractivity contribution >= 4 is 28.9 Å². The molecule has 3 aromatic rings. The van der Waals surface area contributed by atoms with E-state index in [9.17, 15) is 14.7 Å². The Kier molecular flexibility index (Phi) is 3.47. The second kappa shape index (κ2) is 5.31. The van der Waals surface area contributed by atoms with Crippen LogP contribution in [0.3, 0.4) is 0 Å². The van der Waals surface area contributed by atoms with Gasteiger partial charge in [0.05, 0.1) is 16.8 Å². The number of benzene rings is 1. The molecule has 1 N–H and O–H groups in total. The molecule has 5 heteroatoms. The number of carbonyl (C=O) groups is 2. The number of carbonyl (C=O) groups excluding carboxylic acids is 1. The van der Waals surface area contributed by atoms with Crippen LogP contribution in [0.1, 0.15) is 32.1 Å². The van der Waals surface area contributed by atoms with Crippen molar-refractivity contribution < 1.29 is 14.7 Å². The van der Waals surface area contributed by atoms with Gasteiger partial charge in [0.1, 0.15) is 0 Å². The maximum absolute atomic E-state index is 12.7. The van der Waals surface area contributed by atoms with Crippen LogP contribution < -0.4 is 0 Å². The van der Waals surface area contributed by atoms with E-state index >= 15 is 0 Å². The lowest BCUT2D eigenvalue weighted by molar-refractivity contribution is 0.0699. The maximum atomic E-state index is 12.7. The molecule has 0 saturated heterocycles. The highest BCUT2D eigenvalue weighted by Crippen LogP contribution is 2.22. The van der Waals surface area contributed by atoms with Gasteiger partial charge in [-0.25, -0.2) is 4.79 Å². The molecule has 4 nitrogen and oxygen atoms in total. The number of hydrogen-bond donors (Lipinski definition) is 1. The highest BCUT2D eigenvalue weighted by atomic mass is 35.5. The Bertz CT molecular complexity index is 894. The maximum Gasteiger partial charge on any atom is 0.337 e. The Morgan fingerprint density at radius 1 is 1.09 bits per heavy atom. The van der Waals surface area contributed by atoms with Crippen LogP contribution in [0.15, 0.2) is 48.5 Å². The Morgan fingerprint density at radius 3 is 2.41 bits per heavy atom. The largest absolute Gasteiger partial charge is 0.478 e. The van der Waals surface area contributed by atoms with Gasteiger partial charge in [-0.1, -0.05) is 17.7 Å². The van der Waals surface area contributed by atoms with Crippen molar-refractivity contribution in [2.24, 2.45) is 0 Å². The summed E-state index contributed by atoms with van der Waals surface area (Å²) >= 11 is 5.83. The molecule has 3 rings (SSSR count). The van der Waals surface area contributed by atoms with Crippen LogP contribution in [-0.2, 0) is 0 Å². The lowest BCUT2D eigenvalue weighted by Crippen LogP contribution is -2.06. The number of nitrogens with zero attached hydrogens (tertiary/aromatic N) is 1. The van der Waals surface area contributed by atoms with Crippen LogP contribution in [-0.4, -0.2) is 21.3 Å². The number of aromatic nitrogens is 1. The van der Waals surface area contributed by atoms with E-state index < -0.39 is 5.97 Å². The molecule has 0 amide bonds. The summed E-state index contributed by atoms with van der Waals surface area (Å²) in [5, 5.41) is 9.87. The molecule has 0 aliphatic rings. The number of halogens is 1. The first kappa shape index (κ1) is 14.4. The van der Waals surface area contributed by atoms with E-state index in [0.29, 0.717) is 21.8 Å². The van der Waals surface area contributed by atoms with Crippen molar-refractivity contribution in [1.29, 1.82) is 0 Å². The molecule has 0 spiro atoms. The van der Waals surface area contributed by atoms with Crippen molar-refractivity contribution in [2.75, 3.05) is 0 Å². The number of fused-ring (bicyclic) bond motifs is 1. The van der Waals surface area contributed by atoms with Crippen molar-refractivity contribution in [3.8, 4) is 0 Å². The first-order chi connectivity index (χ1) is 10.5. The van der Waals surface area contributed by atoms with Crippen molar-refractivity contribution in [3.05, 3.63) is 76.1 Å². The molecular weight excluding hydrogens is 302 g/mol. The summed E-state index contributed by atoms with van der Waals surface area (Å²) < 4.78 is 1.67. The summed E-state index contributed by atoms with van der Waals surface area (Å²) in [6.07, 6.45) is 0. The molecule has 0 saturated carbocycles. The number of carboxylic acid groups (broad SMARTS) is 1. The molecule has 0 fully saturated rings. The van der Waals surface area contributed by atoms with Crippen LogP contribution in [0.5, 0.6) is 0 Å². The topological polar surface area (TPSA) is 58.8 Å². The lowest BCUT2D eigenvalue weighted by Gasteiger charge is -2.06. The lowest BCUT2D eigenvalue weighted by atomic mass is 10.1. The average molecular weight is 314 g/mol. The van der Waals surface area contributed by atoms with Crippen LogP contribution in [0, 0.1) is 6.92 Å². The summed E-state index contributed by atoms with van der Waals surface area (Å²) in [7, 11) is 0. The molecule has 0 atom stereocenters. The number of hydrogen-bond acceptors (Lipinski definition) is 2. The molecule has 110 valence electrons. The van der Waals surface area contributed by atoms with Crippen molar-refractivity contribution in [2.45, 2.75) is 6.92 Å². The highest BCUT2D eigenvalue weighted by Gasteiger charge is 2.20. The predicted octanol–water partition coefficient (Wildman–Crippen LogP) is 3.83. The molecule has 0 radical (unpaired) electrons. The minimum Gasteiger partial charge on any atom is -0.478 e. The fourth-order valence-corrected chi connectivity index (χ4v) is 2.64. The molecular formula is C17H12ClNO3. The minimum absolute atomic E-state index is 0.112. The van der Waals surface area contributed by atoms with E-state index in [2.05, 4.69) is 0 Å². The second-order valence-corrected chi connectivity index (χ2v) is 5.41. The van der Waals surface area contributed by atoms with Gasteiger partial charge < -0.3 is 9.51 Å². The number of carboxylic acids is 1. The van der Waals surface area contributed by atoms with Crippen molar-refractivity contribution in [1.82, 2.24) is 4.40 Å². The summed E-state index contributed by atoms with van der Waals surface area (Å²) in [6, 6.07) is 13.2. The third-order valence-electron chi connectivity index (χ3n) is 3.55. The summed E-state index contributed by atoms with van der Waals surface area (Å²) in [6.45, 7) is 1.83. The van der Waals surface area contributed by atoms with Gasteiger partial charge in [-0.2, -0.15) is 0 Å². The summed E-state index contributed by atoms with van der Waals surface area (Å²) in [4.78, 5) is 24.1. The van der Waals surface area contributed by atoms with Gasteiger partial charge in [-0.05, 0) is 49.4 Å². The van der Waals surface area contributed by atoms with E-state index in [0.717, 1.165) is 5.69 Å². The van der Waals surface area contributed by atoms with E-state index in [1.165, 1.54) is 6.07 Å². The van der Waals surface area contributed by atoms with Gasteiger partial charge in [-0.3, -0.25) is 4.79 Å².